The number of carbonyl (C=O) groups is 3. The number of hydrogen-bond donors (Lipinski definition) is 2. The number of carbonyl (C=O) groups excluding carboxylic acids is 3. The monoisotopic (exact) mass is 511 g/mol. The lowest BCUT2D eigenvalue weighted by atomic mass is 10.1. The van der Waals surface area contributed by atoms with Crippen molar-refractivity contribution in [2.45, 2.75) is 0 Å². The Balaban J connectivity index is 1.57. The van der Waals surface area contributed by atoms with E-state index in [0.717, 1.165) is 4.90 Å². The van der Waals surface area contributed by atoms with E-state index in [0.29, 0.717) is 27.9 Å². The molecule has 178 valence electrons. The van der Waals surface area contributed by atoms with Crippen LogP contribution in [0.3, 0.4) is 0 Å². The number of nitrogens with zero attached hydrogens (tertiary/aromatic N) is 1. The molecule has 0 atom stereocenters. The molecule has 3 aromatic carbocycles. The Morgan fingerprint density at radius 1 is 0.857 bits per heavy atom. The van der Waals surface area contributed by atoms with Gasteiger partial charge in [0.1, 0.15) is 22.2 Å². The predicted molar refractivity (Wildman–Crippen MR) is 134 cm³/mol. The van der Waals surface area contributed by atoms with E-state index in [2.05, 4.69) is 10.6 Å². The van der Waals surface area contributed by atoms with E-state index in [9.17, 15) is 14.4 Å². The van der Waals surface area contributed by atoms with Crippen molar-refractivity contribution < 1.29 is 23.9 Å². The fourth-order valence-electron chi connectivity index (χ4n) is 3.50. The molecule has 0 aliphatic carbocycles. The highest BCUT2D eigenvalue weighted by Gasteiger charge is 2.40. The van der Waals surface area contributed by atoms with Gasteiger partial charge in [0.05, 0.1) is 25.6 Å². The maximum absolute atomic E-state index is 13.1. The Morgan fingerprint density at radius 2 is 1.60 bits per heavy atom. The van der Waals surface area contributed by atoms with Gasteiger partial charge in [0, 0.05) is 16.3 Å². The molecule has 0 fully saturated rings. The van der Waals surface area contributed by atoms with Crippen LogP contribution < -0.4 is 25.0 Å². The Bertz CT molecular complexity index is 1370. The number of benzene rings is 3. The predicted octanol–water partition coefficient (Wildman–Crippen LogP) is 5.05. The average molecular weight is 512 g/mol. The summed E-state index contributed by atoms with van der Waals surface area (Å²) in [7, 11) is 2.92. The molecule has 0 saturated heterocycles. The Kier molecular flexibility index (Phi) is 6.95. The number of amides is 3. The van der Waals surface area contributed by atoms with Crippen LogP contribution in [0.25, 0.3) is 0 Å². The molecule has 1 aliphatic heterocycles. The second kappa shape index (κ2) is 10.1. The molecule has 1 aliphatic rings. The minimum Gasteiger partial charge on any atom is -0.495 e. The maximum Gasteiger partial charge on any atom is 0.283 e. The second-order valence-electron chi connectivity index (χ2n) is 7.31. The summed E-state index contributed by atoms with van der Waals surface area (Å²) >= 11 is 12.3. The lowest BCUT2D eigenvalue weighted by Gasteiger charge is -2.18. The molecule has 0 bridgehead atoms. The van der Waals surface area contributed by atoms with Crippen LogP contribution in [-0.4, -0.2) is 31.9 Å². The van der Waals surface area contributed by atoms with Gasteiger partial charge in [0.25, 0.3) is 17.7 Å². The van der Waals surface area contributed by atoms with Crippen molar-refractivity contribution in [2.75, 3.05) is 29.8 Å². The molecule has 0 unspecified atom stereocenters. The third-order valence-electron chi connectivity index (χ3n) is 5.16. The third kappa shape index (κ3) is 4.80. The number of ether oxygens (including phenoxy) is 2. The van der Waals surface area contributed by atoms with Gasteiger partial charge in [-0.1, -0.05) is 41.4 Å². The minimum absolute atomic E-state index is 0.114. The first kappa shape index (κ1) is 24.1. The zero-order chi connectivity index (χ0) is 25.1. The van der Waals surface area contributed by atoms with Crippen molar-refractivity contribution >= 4 is 58.0 Å². The van der Waals surface area contributed by atoms with E-state index in [1.54, 1.807) is 60.7 Å². The molecule has 8 nitrogen and oxygen atoms in total. The van der Waals surface area contributed by atoms with E-state index in [-0.39, 0.29) is 22.0 Å². The Hall–Kier alpha value is -4.01. The van der Waals surface area contributed by atoms with Crippen molar-refractivity contribution in [2.24, 2.45) is 0 Å². The van der Waals surface area contributed by atoms with Crippen molar-refractivity contribution in [3.05, 3.63) is 88.0 Å². The molecule has 0 saturated carbocycles. The fraction of sp³-hybridized carbons (Fsp3) is 0.0800. The summed E-state index contributed by atoms with van der Waals surface area (Å²) in [6, 6.07) is 17.8. The van der Waals surface area contributed by atoms with Crippen LogP contribution in [0.5, 0.6) is 11.5 Å². The highest BCUT2D eigenvalue weighted by atomic mass is 35.5. The molecule has 3 aromatic rings. The number of imide groups is 1. The molecule has 0 aromatic heterocycles. The van der Waals surface area contributed by atoms with Crippen molar-refractivity contribution in [1.29, 1.82) is 0 Å². The summed E-state index contributed by atoms with van der Waals surface area (Å²) < 4.78 is 10.5. The summed E-state index contributed by atoms with van der Waals surface area (Å²) in [5.41, 5.74) is 1.22. The number of nitrogens with one attached hydrogen (secondary N) is 2. The zero-order valence-corrected chi connectivity index (χ0v) is 20.1. The first-order valence-electron chi connectivity index (χ1n) is 10.3. The number of hydrogen-bond acceptors (Lipinski definition) is 6. The lowest BCUT2D eigenvalue weighted by Crippen LogP contribution is -2.32. The zero-order valence-electron chi connectivity index (χ0n) is 18.6. The van der Waals surface area contributed by atoms with E-state index in [1.165, 1.54) is 20.3 Å². The highest BCUT2D eigenvalue weighted by molar-refractivity contribution is 6.53. The molecular formula is C25H19Cl2N3O5. The molecule has 35 heavy (non-hydrogen) atoms. The van der Waals surface area contributed by atoms with Crippen LogP contribution in [0.15, 0.2) is 77.5 Å². The molecule has 2 N–H and O–H groups in total. The van der Waals surface area contributed by atoms with Gasteiger partial charge in [-0.2, -0.15) is 0 Å². The van der Waals surface area contributed by atoms with Gasteiger partial charge in [-0.05, 0) is 48.5 Å². The van der Waals surface area contributed by atoms with Crippen LogP contribution >= 0.6 is 23.2 Å². The van der Waals surface area contributed by atoms with E-state index in [1.807, 2.05) is 0 Å². The van der Waals surface area contributed by atoms with Gasteiger partial charge in [-0.15, -0.1) is 0 Å². The van der Waals surface area contributed by atoms with Gasteiger partial charge < -0.3 is 20.1 Å². The normalized spacial score (nSPS) is 13.2. The number of halogens is 2. The summed E-state index contributed by atoms with van der Waals surface area (Å²) in [6.45, 7) is 0. The summed E-state index contributed by atoms with van der Waals surface area (Å²) in [5.74, 6) is -0.983. The van der Waals surface area contributed by atoms with Crippen molar-refractivity contribution in [1.82, 2.24) is 0 Å². The SMILES string of the molecule is COc1ccc(Cl)cc1NC(=O)c1cccc(NC2=C(Cl)C(=O)N(c3ccccc3OC)C2=O)c1. The molecule has 4 rings (SSSR count). The van der Waals surface area contributed by atoms with Gasteiger partial charge in [0.2, 0.25) is 0 Å². The van der Waals surface area contributed by atoms with Crippen molar-refractivity contribution in [3.8, 4) is 11.5 Å². The van der Waals surface area contributed by atoms with E-state index >= 15 is 0 Å². The maximum atomic E-state index is 13.1. The van der Waals surface area contributed by atoms with E-state index in [4.69, 9.17) is 32.7 Å². The van der Waals surface area contributed by atoms with Crippen LogP contribution in [0.4, 0.5) is 17.1 Å². The molecule has 0 spiro atoms. The number of rotatable bonds is 7. The molecule has 10 heteroatoms. The second-order valence-corrected chi connectivity index (χ2v) is 8.13. The largest absolute Gasteiger partial charge is 0.495 e. The summed E-state index contributed by atoms with van der Waals surface area (Å²) in [4.78, 5) is 39.7. The first-order chi connectivity index (χ1) is 16.8. The van der Waals surface area contributed by atoms with Crippen LogP contribution in [0, 0.1) is 0 Å². The number of anilines is 3. The minimum atomic E-state index is -0.689. The van der Waals surface area contributed by atoms with Crippen molar-refractivity contribution in [3.63, 3.8) is 0 Å². The summed E-state index contributed by atoms with van der Waals surface area (Å²) in [6.07, 6.45) is 0. The molecule has 0 radical (unpaired) electrons. The van der Waals surface area contributed by atoms with Crippen LogP contribution in [0.2, 0.25) is 5.02 Å². The quantitative estimate of drug-likeness (QED) is 0.431. The van der Waals surface area contributed by atoms with Crippen LogP contribution in [0.1, 0.15) is 10.4 Å². The Labute approximate surface area is 211 Å². The van der Waals surface area contributed by atoms with Gasteiger partial charge in [0.15, 0.2) is 0 Å². The first-order valence-corrected chi connectivity index (χ1v) is 11.0. The standard InChI is InChI=1S/C25H19Cl2N3O5/c1-34-19-11-10-15(26)13-17(19)29-23(31)14-6-5-7-16(12-14)28-22-21(27)24(32)30(25(22)33)18-8-3-4-9-20(18)35-2/h3-13,28H,1-2H3,(H,29,31). The smallest absolute Gasteiger partial charge is 0.283 e. The van der Waals surface area contributed by atoms with Gasteiger partial charge in [-0.3, -0.25) is 14.4 Å². The molecule has 3 amide bonds. The van der Waals surface area contributed by atoms with Gasteiger partial charge >= 0.3 is 0 Å². The number of para-hydroxylation sites is 2. The molecule has 1 heterocycles. The Morgan fingerprint density at radius 3 is 2.34 bits per heavy atom. The highest BCUT2D eigenvalue weighted by Crippen LogP contribution is 2.35. The van der Waals surface area contributed by atoms with E-state index < -0.39 is 17.7 Å². The number of methoxy groups -OCH3 is 2. The summed E-state index contributed by atoms with van der Waals surface area (Å²) in [5, 5.41) is 5.77. The fourth-order valence-corrected chi connectivity index (χ4v) is 3.88. The topological polar surface area (TPSA) is 97.0 Å². The van der Waals surface area contributed by atoms with Crippen LogP contribution in [-0.2, 0) is 9.59 Å². The van der Waals surface area contributed by atoms with Gasteiger partial charge in [-0.25, -0.2) is 4.90 Å². The third-order valence-corrected chi connectivity index (χ3v) is 5.74. The lowest BCUT2D eigenvalue weighted by molar-refractivity contribution is -0.120. The average Bonchev–Trinajstić information content (AvgIpc) is 3.07. The molecular weight excluding hydrogens is 493 g/mol.